The van der Waals surface area contributed by atoms with E-state index in [0.29, 0.717) is 16.3 Å². The Balaban J connectivity index is 1.55. The van der Waals surface area contributed by atoms with Gasteiger partial charge < -0.3 is 0 Å². The van der Waals surface area contributed by atoms with Crippen molar-refractivity contribution in [3.8, 4) is 0 Å². The number of halogens is 1. The maximum absolute atomic E-state index is 13.2. The predicted molar refractivity (Wildman–Crippen MR) is 137 cm³/mol. The second-order valence-electron chi connectivity index (χ2n) is 7.73. The highest BCUT2D eigenvalue weighted by Gasteiger charge is 2.27. The normalized spacial score (nSPS) is 13.3. The molecule has 1 aliphatic carbocycles. The number of sulfonamides is 1. The largest absolute Gasteiger partial charge is 0.333 e. The van der Waals surface area contributed by atoms with Gasteiger partial charge >= 0.3 is 6.03 Å². The van der Waals surface area contributed by atoms with Crippen LogP contribution in [0.5, 0.6) is 0 Å². The monoisotopic (exact) mass is 562 g/mol. The van der Waals surface area contributed by atoms with Crippen LogP contribution in [0.3, 0.4) is 0 Å². The number of anilines is 2. The molecule has 0 unspecified atom stereocenters. The molecule has 0 saturated carbocycles. The fourth-order valence-corrected chi connectivity index (χ4v) is 6.18. The van der Waals surface area contributed by atoms with E-state index in [0.717, 1.165) is 47.0 Å². The van der Waals surface area contributed by atoms with Crippen LogP contribution in [0, 0.1) is 0 Å². The summed E-state index contributed by atoms with van der Waals surface area (Å²) in [5.74, 6) is -0.400. The molecular weight excluding hydrogens is 540 g/mol. The Morgan fingerprint density at radius 1 is 0.912 bits per heavy atom. The number of hydrogen-bond donors (Lipinski definition) is 4. The van der Waals surface area contributed by atoms with Gasteiger partial charge in [-0.15, -0.1) is 11.3 Å². The highest BCUT2D eigenvalue weighted by atomic mass is 79.9. The number of aryl methyl sites for hydroxylation is 1. The van der Waals surface area contributed by atoms with E-state index in [9.17, 15) is 18.0 Å². The molecule has 4 rings (SSSR count). The van der Waals surface area contributed by atoms with Crippen molar-refractivity contribution in [1.82, 2.24) is 10.1 Å². The van der Waals surface area contributed by atoms with Crippen LogP contribution >= 0.6 is 27.3 Å². The minimum Gasteiger partial charge on any atom is -0.298 e. The summed E-state index contributed by atoms with van der Waals surface area (Å²) in [5.41, 5.74) is 7.53. The van der Waals surface area contributed by atoms with Crippen LogP contribution < -0.4 is 20.9 Å². The van der Waals surface area contributed by atoms with E-state index in [1.165, 1.54) is 23.5 Å². The molecule has 3 amide bonds. The van der Waals surface area contributed by atoms with Crippen LogP contribution in [0.4, 0.5) is 15.5 Å². The van der Waals surface area contributed by atoms with Gasteiger partial charge in [0, 0.05) is 9.35 Å². The lowest BCUT2D eigenvalue weighted by atomic mass is 10.1. The highest BCUT2D eigenvalue weighted by molar-refractivity contribution is 9.10. The minimum absolute atomic E-state index is 0.0243. The van der Waals surface area contributed by atoms with Crippen LogP contribution in [0.15, 0.2) is 64.0 Å². The Labute approximate surface area is 210 Å². The summed E-state index contributed by atoms with van der Waals surface area (Å²) in [7, 11) is -4.04. The molecule has 2 aromatic carbocycles. The number of amides is 3. The van der Waals surface area contributed by atoms with E-state index in [1.807, 2.05) is 16.9 Å². The first kappa shape index (κ1) is 24.2. The summed E-state index contributed by atoms with van der Waals surface area (Å²) in [6.07, 6.45) is 4.54. The van der Waals surface area contributed by atoms with Gasteiger partial charge in [0.15, 0.2) is 0 Å². The number of hydrogen-bond acceptors (Lipinski definition) is 6. The van der Waals surface area contributed by atoms with Crippen molar-refractivity contribution in [2.24, 2.45) is 0 Å². The van der Waals surface area contributed by atoms with Crippen molar-refractivity contribution in [3.05, 3.63) is 75.1 Å². The van der Waals surface area contributed by atoms with Crippen LogP contribution in [0.25, 0.3) is 0 Å². The molecular formula is C23H23BrN4O4S2. The SMILES string of the molecule is O=C(Nc1sc2c(c1C(=O)NNc1ccc(Br)cc1)CCCCC2)NS(=O)(=O)c1ccccc1. The first-order chi connectivity index (χ1) is 16.3. The second kappa shape index (κ2) is 10.6. The summed E-state index contributed by atoms with van der Waals surface area (Å²) in [5, 5.41) is 2.92. The summed E-state index contributed by atoms with van der Waals surface area (Å²) in [4.78, 5) is 26.8. The molecule has 178 valence electrons. The molecule has 0 bridgehead atoms. The number of nitrogens with one attached hydrogen (secondary N) is 4. The van der Waals surface area contributed by atoms with Gasteiger partial charge in [-0.2, -0.15) is 0 Å². The third-order valence-corrected chi connectivity index (χ3v) is 8.40. The molecule has 3 aromatic rings. The van der Waals surface area contributed by atoms with Crippen molar-refractivity contribution < 1.29 is 18.0 Å². The zero-order valence-electron chi connectivity index (χ0n) is 18.1. The number of benzene rings is 2. The topological polar surface area (TPSA) is 116 Å². The fraction of sp³-hybridized carbons (Fsp3) is 0.217. The molecule has 11 heteroatoms. The molecule has 1 aromatic heterocycles. The molecule has 8 nitrogen and oxygen atoms in total. The molecule has 0 fully saturated rings. The molecule has 0 aliphatic heterocycles. The van der Waals surface area contributed by atoms with E-state index in [2.05, 4.69) is 32.1 Å². The summed E-state index contributed by atoms with van der Waals surface area (Å²) in [6, 6.07) is 14.0. The quantitative estimate of drug-likeness (QED) is 0.248. The second-order valence-corrected chi connectivity index (χ2v) is 11.4. The van der Waals surface area contributed by atoms with Gasteiger partial charge in [-0.3, -0.25) is 21.0 Å². The number of carbonyl (C=O) groups is 2. The Bertz CT molecular complexity index is 1290. The summed E-state index contributed by atoms with van der Waals surface area (Å²) in [6.45, 7) is 0. The summed E-state index contributed by atoms with van der Waals surface area (Å²) >= 11 is 4.69. The number of thiophene rings is 1. The first-order valence-electron chi connectivity index (χ1n) is 10.7. The number of hydrazine groups is 1. The molecule has 0 spiro atoms. The maximum Gasteiger partial charge on any atom is 0.333 e. The maximum atomic E-state index is 13.2. The molecule has 4 N–H and O–H groups in total. The van der Waals surface area contributed by atoms with Crippen LogP contribution in [-0.4, -0.2) is 20.4 Å². The van der Waals surface area contributed by atoms with Gasteiger partial charge in [-0.05, 0) is 67.6 Å². The van der Waals surface area contributed by atoms with Gasteiger partial charge in [-0.25, -0.2) is 17.9 Å². The summed E-state index contributed by atoms with van der Waals surface area (Å²) < 4.78 is 28.0. The van der Waals surface area contributed by atoms with Crippen molar-refractivity contribution >= 4 is 59.9 Å². The third-order valence-electron chi connectivity index (χ3n) is 5.32. The van der Waals surface area contributed by atoms with E-state index >= 15 is 0 Å². The Hall–Kier alpha value is -2.89. The minimum atomic E-state index is -4.04. The zero-order chi connectivity index (χ0) is 24.1. The first-order valence-corrected chi connectivity index (χ1v) is 13.8. The lowest BCUT2D eigenvalue weighted by molar-refractivity contribution is 0.0963. The molecule has 1 aliphatic rings. The number of rotatable bonds is 6. The van der Waals surface area contributed by atoms with Gasteiger partial charge in [0.1, 0.15) is 5.00 Å². The van der Waals surface area contributed by atoms with E-state index < -0.39 is 22.0 Å². The Morgan fingerprint density at radius 3 is 2.35 bits per heavy atom. The van der Waals surface area contributed by atoms with Crippen LogP contribution in [-0.2, 0) is 22.9 Å². The lowest BCUT2D eigenvalue weighted by Gasteiger charge is -2.12. The third kappa shape index (κ3) is 5.78. The smallest absolute Gasteiger partial charge is 0.298 e. The predicted octanol–water partition coefficient (Wildman–Crippen LogP) is 5.05. The van der Waals surface area contributed by atoms with Crippen molar-refractivity contribution in [2.45, 2.75) is 37.0 Å². The van der Waals surface area contributed by atoms with Crippen LogP contribution in [0.1, 0.15) is 40.1 Å². The number of fused-ring (bicyclic) bond motifs is 1. The Morgan fingerprint density at radius 2 is 1.62 bits per heavy atom. The molecule has 0 atom stereocenters. The van der Waals surface area contributed by atoms with Gasteiger partial charge in [0.2, 0.25) is 0 Å². The number of carbonyl (C=O) groups excluding carboxylic acids is 2. The average Bonchev–Trinajstić information content (AvgIpc) is 2.98. The Kier molecular flexibility index (Phi) is 7.54. The molecule has 1 heterocycles. The fourth-order valence-electron chi connectivity index (χ4n) is 3.70. The number of urea groups is 1. The molecule has 0 radical (unpaired) electrons. The molecule has 0 saturated heterocycles. The molecule has 34 heavy (non-hydrogen) atoms. The van der Waals surface area contributed by atoms with Crippen LogP contribution in [0.2, 0.25) is 0 Å². The highest BCUT2D eigenvalue weighted by Crippen LogP contribution is 2.37. The van der Waals surface area contributed by atoms with Gasteiger partial charge in [0.25, 0.3) is 15.9 Å². The average molecular weight is 563 g/mol. The lowest BCUT2D eigenvalue weighted by Crippen LogP contribution is -2.35. The van der Waals surface area contributed by atoms with E-state index in [-0.39, 0.29) is 4.90 Å². The van der Waals surface area contributed by atoms with E-state index in [1.54, 1.807) is 30.3 Å². The van der Waals surface area contributed by atoms with Crippen molar-refractivity contribution in [2.75, 3.05) is 10.7 Å². The van der Waals surface area contributed by atoms with Crippen molar-refractivity contribution in [1.29, 1.82) is 0 Å². The van der Waals surface area contributed by atoms with Gasteiger partial charge in [-0.1, -0.05) is 40.5 Å². The zero-order valence-corrected chi connectivity index (χ0v) is 21.3. The standard InChI is InChI=1S/C23H23BrN4O4S2/c24-15-11-13-16(14-12-15)26-27-21(29)20-18-9-5-2-6-10-19(18)33-22(20)25-23(30)28-34(31,32)17-7-3-1-4-8-17/h1,3-4,7-8,11-14,26H,2,5-6,9-10H2,(H,27,29)(H2,25,28,30). The van der Waals surface area contributed by atoms with Crippen molar-refractivity contribution in [3.63, 3.8) is 0 Å². The van der Waals surface area contributed by atoms with Gasteiger partial charge in [0.05, 0.1) is 16.1 Å². The van der Waals surface area contributed by atoms with E-state index in [4.69, 9.17) is 0 Å².